The first-order valence-electron chi connectivity index (χ1n) is 8.31. The second-order valence-corrected chi connectivity index (χ2v) is 6.74. The van der Waals surface area contributed by atoms with Crippen LogP contribution in [0, 0.1) is 5.41 Å². The highest BCUT2D eigenvalue weighted by atomic mass is 16.7. The Hall–Kier alpha value is -2.12. The molecule has 2 aromatic rings. The number of hydrogen-bond donors (Lipinski definition) is 2. The van der Waals surface area contributed by atoms with Crippen molar-refractivity contribution in [1.29, 1.82) is 0 Å². The second kappa shape index (κ2) is 6.65. The number of rotatable bonds is 2. The van der Waals surface area contributed by atoms with Crippen LogP contribution in [0.15, 0.2) is 48.5 Å². The van der Waals surface area contributed by atoms with E-state index in [9.17, 15) is 0 Å². The van der Waals surface area contributed by atoms with Crippen LogP contribution < -0.4 is 11.5 Å². The van der Waals surface area contributed by atoms with Gasteiger partial charge in [0.2, 0.25) is 0 Å². The lowest BCUT2D eigenvalue weighted by molar-refractivity contribution is -0.307. The van der Waals surface area contributed by atoms with E-state index in [1.807, 2.05) is 48.5 Å². The lowest BCUT2D eigenvalue weighted by Gasteiger charge is -2.43. The number of hydrogen-bond acceptors (Lipinski definition) is 6. The van der Waals surface area contributed by atoms with Gasteiger partial charge in [-0.15, -0.1) is 0 Å². The summed E-state index contributed by atoms with van der Waals surface area (Å²) in [5.41, 5.74) is 14.5. The molecule has 2 saturated heterocycles. The van der Waals surface area contributed by atoms with Gasteiger partial charge in [-0.1, -0.05) is 24.3 Å². The highest BCUT2D eigenvalue weighted by molar-refractivity contribution is 5.40. The average molecular weight is 342 g/mol. The van der Waals surface area contributed by atoms with Gasteiger partial charge in [0.25, 0.3) is 0 Å². The minimum absolute atomic E-state index is 0.269. The van der Waals surface area contributed by atoms with Crippen LogP contribution in [0.5, 0.6) is 0 Å². The molecule has 0 bridgehead atoms. The van der Waals surface area contributed by atoms with E-state index >= 15 is 0 Å². The van der Waals surface area contributed by atoms with Crippen molar-refractivity contribution in [3.63, 3.8) is 0 Å². The van der Waals surface area contributed by atoms with Gasteiger partial charge in [0.15, 0.2) is 12.6 Å². The van der Waals surface area contributed by atoms with Crippen LogP contribution >= 0.6 is 0 Å². The first-order chi connectivity index (χ1) is 12.1. The molecule has 0 aliphatic carbocycles. The molecule has 0 aromatic heterocycles. The summed E-state index contributed by atoms with van der Waals surface area (Å²) in [6, 6.07) is 15.1. The molecule has 0 unspecified atom stereocenters. The van der Waals surface area contributed by atoms with Crippen LogP contribution in [-0.2, 0) is 18.9 Å². The summed E-state index contributed by atoms with van der Waals surface area (Å²) >= 11 is 0. The fourth-order valence-electron chi connectivity index (χ4n) is 3.05. The molecule has 4 N–H and O–H groups in total. The van der Waals surface area contributed by atoms with E-state index < -0.39 is 0 Å². The van der Waals surface area contributed by atoms with Crippen molar-refractivity contribution in [2.45, 2.75) is 12.6 Å². The molecular weight excluding hydrogens is 320 g/mol. The summed E-state index contributed by atoms with van der Waals surface area (Å²) in [6.45, 7) is 2.10. The van der Waals surface area contributed by atoms with Crippen LogP contribution in [0.2, 0.25) is 0 Å². The summed E-state index contributed by atoms with van der Waals surface area (Å²) in [7, 11) is 0. The van der Waals surface area contributed by atoms with E-state index in [-0.39, 0.29) is 18.0 Å². The molecule has 2 aliphatic rings. The Labute approximate surface area is 146 Å². The fraction of sp³-hybridized carbons (Fsp3) is 0.368. The van der Waals surface area contributed by atoms with E-state index in [1.54, 1.807) is 0 Å². The van der Waals surface area contributed by atoms with Gasteiger partial charge >= 0.3 is 0 Å². The van der Waals surface area contributed by atoms with Crippen molar-refractivity contribution in [3.8, 4) is 0 Å². The van der Waals surface area contributed by atoms with E-state index in [0.29, 0.717) is 26.4 Å². The molecule has 132 valence electrons. The quantitative estimate of drug-likeness (QED) is 0.816. The summed E-state index contributed by atoms with van der Waals surface area (Å²) in [4.78, 5) is 0. The maximum atomic E-state index is 5.91. The first kappa shape index (κ1) is 16.4. The Morgan fingerprint density at radius 1 is 0.600 bits per heavy atom. The highest BCUT2D eigenvalue weighted by Crippen LogP contribution is 2.38. The molecule has 25 heavy (non-hydrogen) atoms. The Balaban J connectivity index is 1.35. The second-order valence-electron chi connectivity index (χ2n) is 6.74. The SMILES string of the molecule is Nc1ccc(C2OCC3(CO2)COC(c2ccc(N)cc2)OC3)cc1. The maximum absolute atomic E-state index is 5.91. The minimum atomic E-state index is -0.374. The number of benzene rings is 2. The van der Waals surface area contributed by atoms with Gasteiger partial charge in [-0.3, -0.25) is 0 Å². The lowest BCUT2D eigenvalue weighted by atomic mass is 9.90. The standard InChI is InChI=1S/C19H22N2O4/c20-15-5-1-13(2-6-15)17-22-9-19(10-23-17)11-24-18(25-12-19)14-3-7-16(21)8-4-14/h1-8,17-18H,9-12,20-21H2. The Morgan fingerprint density at radius 3 is 1.24 bits per heavy atom. The predicted molar refractivity (Wildman–Crippen MR) is 93.4 cm³/mol. The van der Waals surface area contributed by atoms with Crippen LogP contribution in [-0.4, -0.2) is 26.4 Å². The number of nitrogen functional groups attached to an aromatic ring is 2. The largest absolute Gasteiger partial charge is 0.399 e. The molecule has 0 saturated carbocycles. The third kappa shape index (κ3) is 3.48. The van der Waals surface area contributed by atoms with Crippen molar-refractivity contribution in [3.05, 3.63) is 59.7 Å². The highest BCUT2D eigenvalue weighted by Gasteiger charge is 2.42. The molecule has 6 nitrogen and oxygen atoms in total. The third-order valence-electron chi connectivity index (χ3n) is 4.58. The van der Waals surface area contributed by atoms with Crippen molar-refractivity contribution < 1.29 is 18.9 Å². The smallest absolute Gasteiger partial charge is 0.183 e. The predicted octanol–water partition coefficient (Wildman–Crippen LogP) is 2.63. The Morgan fingerprint density at radius 2 is 0.920 bits per heavy atom. The molecule has 4 rings (SSSR count). The summed E-state index contributed by atoms with van der Waals surface area (Å²) in [5.74, 6) is 0. The topological polar surface area (TPSA) is 89.0 Å². The summed E-state index contributed by atoms with van der Waals surface area (Å²) in [6.07, 6.45) is -0.748. The molecule has 0 amide bonds. The molecule has 2 fully saturated rings. The van der Waals surface area contributed by atoms with Gasteiger partial charge in [-0.25, -0.2) is 0 Å². The maximum Gasteiger partial charge on any atom is 0.183 e. The average Bonchev–Trinajstić information content (AvgIpc) is 2.65. The van der Waals surface area contributed by atoms with Crippen LogP contribution in [0.25, 0.3) is 0 Å². The summed E-state index contributed by atoms with van der Waals surface area (Å²) < 4.78 is 23.7. The van der Waals surface area contributed by atoms with E-state index in [1.165, 1.54) is 0 Å². The zero-order valence-electron chi connectivity index (χ0n) is 13.9. The monoisotopic (exact) mass is 342 g/mol. The minimum Gasteiger partial charge on any atom is -0.399 e. The molecule has 0 atom stereocenters. The van der Waals surface area contributed by atoms with Crippen molar-refractivity contribution in [1.82, 2.24) is 0 Å². The van der Waals surface area contributed by atoms with Crippen LogP contribution in [0.1, 0.15) is 23.7 Å². The van der Waals surface area contributed by atoms with Crippen molar-refractivity contribution in [2.24, 2.45) is 5.41 Å². The van der Waals surface area contributed by atoms with Crippen molar-refractivity contribution >= 4 is 11.4 Å². The number of ether oxygens (including phenoxy) is 4. The molecule has 1 spiro atoms. The van der Waals surface area contributed by atoms with Crippen LogP contribution in [0.3, 0.4) is 0 Å². The molecule has 6 heteroatoms. The molecule has 2 heterocycles. The van der Waals surface area contributed by atoms with Gasteiger partial charge in [-0.2, -0.15) is 0 Å². The Bertz CT molecular complexity index is 634. The number of anilines is 2. The van der Waals surface area contributed by atoms with E-state index in [4.69, 9.17) is 30.4 Å². The van der Waals surface area contributed by atoms with Gasteiger partial charge in [-0.05, 0) is 24.3 Å². The molecule has 0 radical (unpaired) electrons. The van der Waals surface area contributed by atoms with Gasteiger partial charge in [0.05, 0.1) is 31.8 Å². The zero-order chi connectivity index (χ0) is 17.3. The normalized spacial score (nSPS) is 29.6. The first-order valence-corrected chi connectivity index (χ1v) is 8.31. The fourth-order valence-corrected chi connectivity index (χ4v) is 3.05. The lowest BCUT2D eigenvalue weighted by Crippen LogP contribution is -2.49. The van der Waals surface area contributed by atoms with Gasteiger partial charge in [0, 0.05) is 22.5 Å². The van der Waals surface area contributed by atoms with Gasteiger partial charge in [0.1, 0.15) is 0 Å². The molecular formula is C19H22N2O4. The van der Waals surface area contributed by atoms with E-state index in [2.05, 4.69) is 0 Å². The van der Waals surface area contributed by atoms with Gasteiger partial charge < -0.3 is 30.4 Å². The zero-order valence-corrected chi connectivity index (χ0v) is 13.9. The third-order valence-corrected chi connectivity index (χ3v) is 4.58. The molecule has 2 aromatic carbocycles. The van der Waals surface area contributed by atoms with E-state index in [0.717, 1.165) is 22.5 Å². The molecule has 2 aliphatic heterocycles. The number of nitrogens with two attached hydrogens (primary N) is 2. The van der Waals surface area contributed by atoms with Crippen LogP contribution in [0.4, 0.5) is 11.4 Å². The summed E-state index contributed by atoms with van der Waals surface area (Å²) in [5, 5.41) is 0. The Kier molecular flexibility index (Phi) is 4.35. The van der Waals surface area contributed by atoms with Crippen molar-refractivity contribution in [2.75, 3.05) is 37.9 Å².